The fraction of sp³-hybridized carbons (Fsp3) is 0.667. The molecule has 2 N–H and O–H groups in total. The van der Waals surface area contributed by atoms with Crippen molar-refractivity contribution in [3.05, 3.63) is 24.2 Å². The molecule has 0 saturated heterocycles. The van der Waals surface area contributed by atoms with Crippen LogP contribution < -0.4 is 10.6 Å². The van der Waals surface area contributed by atoms with Crippen LogP contribution in [0.1, 0.15) is 25.5 Å². The zero-order valence-electron chi connectivity index (χ0n) is 13.9. The SMILES string of the molecule is CCNC(=NCCCS(C)(=O)=O)NCCCOCc1ccco1. The fourth-order valence-electron chi connectivity index (χ4n) is 1.81. The van der Waals surface area contributed by atoms with Crippen molar-refractivity contribution in [2.24, 2.45) is 4.99 Å². The first-order chi connectivity index (χ1) is 11.0. The molecule has 0 amide bonds. The molecule has 0 radical (unpaired) electrons. The predicted molar refractivity (Wildman–Crippen MR) is 91.3 cm³/mol. The van der Waals surface area contributed by atoms with E-state index in [0.717, 1.165) is 25.3 Å². The van der Waals surface area contributed by atoms with E-state index in [1.165, 1.54) is 6.26 Å². The Morgan fingerprint density at radius 1 is 1.35 bits per heavy atom. The lowest BCUT2D eigenvalue weighted by Gasteiger charge is -2.11. The van der Waals surface area contributed by atoms with Crippen molar-refractivity contribution in [2.75, 3.05) is 38.2 Å². The Morgan fingerprint density at radius 2 is 2.17 bits per heavy atom. The second-order valence-electron chi connectivity index (χ2n) is 5.16. The fourth-order valence-corrected chi connectivity index (χ4v) is 2.46. The molecule has 0 aromatic carbocycles. The van der Waals surface area contributed by atoms with Crippen molar-refractivity contribution in [2.45, 2.75) is 26.4 Å². The molecule has 132 valence electrons. The largest absolute Gasteiger partial charge is 0.467 e. The highest BCUT2D eigenvalue weighted by atomic mass is 32.2. The van der Waals surface area contributed by atoms with Gasteiger partial charge in [0.2, 0.25) is 0 Å². The monoisotopic (exact) mass is 345 g/mol. The van der Waals surface area contributed by atoms with Crippen LogP contribution in [0.15, 0.2) is 27.8 Å². The van der Waals surface area contributed by atoms with E-state index in [1.54, 1.807) is 6.26 Å². The molecule has 0 aliphatic carbocycles. The number of guanidine groups is 1. The molecule has 0 bridgehead atoms. The number of nitrogens with zero attached hydrogens (tertiary/aromatic N) is 1. The summed E-state index contributed by atoms with van der Waals surface area (Å²) in [6.45, 7) is 5.06. The van der Waals surface area contributed by atoms with Gasteiger partial charge in [-0.3, -0.25) is 4.99 Å². The average molecular weight is 345 g/mol. The molecule has 0 aliphatic heterocycles. The molecule has 7 nitrogen and oxygen atoms in total. The Bertz CT molecular complexity index is 541. The third-order valence-electron chi connectivity index (χ3n) is 2.87. The van der Waals surface area contributed by atoms with Crippen LogP contribution in [0.4, 0.5) is 0 Å². The van der Waals surface area contributed by atoms with Crippen LogP contribution in [-0.4, -0.2) is 52.6 Å². The van der Waals surface area contributed by atoms with Gasteiger partial charge in [0.15, 0.2) is 5.96 Å². The molecule has 0 spiro atoms. The lowest BCUT2D eigenvalue weighted by atomic mass is 10.4. The van der Waals surface area contributed by atoms with Crippen molar-refractivity contribution in [1.82, 2.24) is 10.6 Å². The first kappa shape index (κ1) is 19.5. The van der Waals surface area contributed by atoms with E-state index < -0.39 is 9.84 Å². The van der Waals surface area contributed by atoms with E-state index in [0.29, 0.717) is 32.1 Å². The second kappa shape index (κ2) is 11.1. The minimum atomic E-state index is -2.91. The number of ether oxygens (including phenoxy) is 1. The Labute approximate surface area is 138 Å². The second-order valence-corrected chi connectivity index (χ2v) is 7.42. The van der Waals surface area contributed by atoms with Crippen LogP contribution in [-0.2, 0) is 21.2 Å². The number of nitrogens with one attached hydrogen (secondary N) is 2. The summed E-state index contributed by atoms with van der Waals surface area (Å²) in [6, 6.07) is 3.72. The zero-order chi connectivity index (χ0) is 17.0. The number of rotatable bonds is 11. The maximum absolute atomic E-state index is 11.1. The first-order valence-electron chi connectivity index (χ1n) is 7.81. The summed E-state index contributed by atoms with van der Waals surface area (Å²) in [5.41, 5.74) is 0. The summed E-state index contributed by atoms with van der Waals surface area (Å²) in [5.74, 6) is 1.68. The lowest BCUT2D eigenvalue weighted by molar-refractivity contribution is 0.105. The van der Waals surface area contributed by atoms with Crippen molar-refractivity contribution >= 4 is 15.8 Å². The zero-order valence-corrected chi connectivity index (χ0v) is 14.7. The summed E-state index contributed by atoms with van der Waals surface area (Å²) in [6.07, 6.45) is 4.24. The summed E-state index contributed by atoms with van der Waals surface area (Å²) >= 11 is 0. The van der Waals surface area contributed by atoms with Crippen molar-refractivity contribution in [3.8, 4) is 0 Å². The third kappa shape index (κ3) is 10.8. The highest BCUT2D eigenvalue weighted by Gasteiger charge is 2.02. The maximum Gasteiger partial charge on any atom is 0.191 e. The third-order valence-corrected chi connectivity index (χ3v) is 3.90. The Morgan fingerprint density at radius 3 is 2.83 bits per heavy atom. The molecule has 1 heterocycles. The van der Waals surface area contributed by atoms with Gasteiger partial charge in [-0.25, -0.2) is 8.42 Å². The molecule has 1 aromatic heterocycles. The van der Waals surface area contributed by atoms with Gasteiger partial charge in [0.05, 0.1) is 12.0 Å². The van der Waals surface area contributed by atoms with Gasteiger partial charge in [0, 0.05) is 32.5 Å². The van der Waals surface area contributed by atoms with Crippen LogP contribution in [0.3, 0.4) is 0 Å². The van der Waals surface area contributed by atoms with Crippen molar-refractivity contribution in [1.29, 1.82) is 0 Å². The van der Waals surface area contributed by atoms with E-state index in [-0.39, 0.29) is 5.75 Å². The van der Waals surface area contributed by atoms with Crippen LogP contribution in [0.5, 0.6) is 0 Å². The predicted octanol–water partition coefficient (Wildman–Crippen LogP) is 1.18. The van der Waals surface area contributed by atoms with Crippen LogP contribution in [0.25, 0.3) is 0 Å². The molecule has 8 heteroatoms. The van der Waals surface area contributed by atoms with Gasteiger partial charge in [-0.1, -0.05) is 0 Å². The van der Waals surface area contributed by atoms with Gasteiger partial charge in [0.25, 0.3) is 0 Å². The van der Waals surface area contributed by atoms with Crippen LogP contribution >= 0.6 is 0 Å². The summed E-state index contributed by atoms with van der Waals surface area (Å²) in [5, 5.41) is 6.33. The molecule has 0 fully saturated rings. The van der Waals surface area contributed by atoms with E-state index in [4.69, 9.17) is 9.15 Å². The molecule has 0 aliphatic rings. The number of furan rings is 1. The maximum atomic E-state index is 11.1. The summed E-state index contributed by atoms with van der Waals surface area (Å²) in [4.78, 5) is 4.35. The quantitative estimate of drug-likeness (QED) is 0.355. The highest BCUT2D eigenvalue weighted by molar-refractivity contribution is 7.90. The minimum Gasteiger partial charge on any atom is -0.467 e. The average Bonchev–Trinajstić information content (AvgIpc) is 2.99. The van der Waals surface area contributed by atoms with Crippen LogP contribution in [0, 0.1) is 0 Å². The molecule has 1 rings (SSSR count). The van der Waals surface area contributed by atoms with Crippen molar-refractivity contribution < 1.29 is 17.6 Å². The first-order valence-corrected chi connectivity index (χ1v) is 9.87. The molecule has 23 heavy (non-hydrogen) atoms. The smallest absolute Gasteiger partial charge is 0.191 e. The minimum absolute atomic E-state index is 0.163. The molecule has 0 saturated carbocycles. The van der Waals surface area contributed by atoms with Gasteiger partial charge in [-0.05, 0) is 31.9 Å². The van der Waals surface area contributed by atoms with E-state index in [9.17, 15) is 8.42 Å². The Hall–Kier alpha value is -1.54. The molecule has 1 aromatic rings. The normalized spacial score (nSPS) is 12.3. The lowest BCUT2D eigenvalue weighted by Crippen LogP contribution is -2.38. The number of sulfone groups is 1. The Kier molecular flexibility index (Phi) is 9.39. The molecule has 0 atom stereocenters. The molecular weight excluding hydrogens is 318 g/mol. The van der Waals surface area contributed by atoms with Gasteiger partial charge in [-0.2, -0.15) is 0 Å². The van der Waals surface area contributed by atoms with Crippen LogP contribution in [0.2, 0.25) is 0 Å². The summed E-state index contributed by atoms with van der Waals surface area (Å²) in [7, 11) is -2.91. The highest BCUT2D eigenvalue weighted by Crippen LogP contribution is 2.01. The molecular formula is C15H27N3O4S. The van der Waals surface area contributed by atoms with Gasteiger partial charge in [0.1, 0.15) is 22.2 Å². The topological polar surface area (TPSA) is 92.9 Å². The standard InChI is InChI=1S/C15H27N3O4S/c1-3-16-15(18-9-6-12-23(2,19)20)17-8-5-10-21-13-14-7-4-11-22-14/h4,7,11H,3,5-6,8-10,12-13H2,1-2H3,(H2,16,17,18). The number of hydrogen-bond acceptors (Lipinski definition) is 5. The van der Waals surface area contributed by atoms with E-state index in [1.807, 2.05) is 19.1 Å². The van der Waals surface area contributed by atoms with E-state index >= 15 is 0 Å². The van der Waals surface area contributed by atoms with Gasteiger partial charge < -0.3 is 19.8 Å². The Balaban J connectivity index is 2.14. The molecule has 0 unspecified atom stereocenters. The van der Waals surface area contributed by atoms with Crippen molar-refractivity contribution in [3.63, 3.8) is 0 Å². The number of hydrogen-bond donors (Lipinski definition) is 2. The van der Waals surface area contributed by atoms with Gasteiger partial charge in [-0.15, -0.1) is 0 Å². The van der Waals surface area contributed by atoms with E-state index in [2.05, 4.69) is 15.6 Å². The summed E-state index contributed by atoms with van der Waals surface area (Å²) < 4.78 is 32.8. The number of aliphatic imine (C=N–C) groups is 1. The van der Waals surface area contributed by atoms with Gasteiger partial charge >= 0.3 is 0 Å².